The average Bonchev–Trinajstić information content (AvgIpc) is 2.61. The summed E-state index contributed by atoms with van der Waals surface area (Å²) >= 11 is 0. The van der Waals surface area contributed by atoms with Crippen molar-refractivity contribution in [2.24, 2.45) is 0 Å². The number of nitrogens with one attached hydrogen (secondary N) is 1. The van der Waals surface area contributed by atoms with E-state index in [1.165, 1.54) is 0 Å². The number of hydrogen-bond donors (Lipinski definition) is 2. The van der Waals surface area contributed by atoms with Crippen LogP contribution in [0.2, 0.25) is 0 Å². The Labute approximate surface area is 147 Å². The summed E-state index contributed by atoms with van der Waals surface area (Å²) in [6.07, 6.45) is 1.60. The molecule has 0 radical (unpaired) electrons. The van der Waals surface area contributed by atoms with E-state index in [1.54, 1.807) is 12.1 Å². The first kappa shape index (κ1) is 18.7. The number of nitriles is 1. The van der Waals surface area contributed by atoms with E-state index in [-0.39, 0.29) is 11.5 Å². The largest absolute Gasteiger partial charge is 0.478 e. The van der Waals surface area contributed by atoms with Gasteiger partial charge < -0.3 is 15.3 Å². The number of hydrogen-bond acceptors (Lipinski definition) is 5. The highest BCUT2D eigenvalue weighted by Crippen LogP contribution is 2.25. The normalized spacial score (nSPS) is 14.8. The van der Waals surface area contributed by atoms with Gasteiger partial charge in [0.1, 0.15) is 0 Å². The Hall–Kier alpha value is -2.59. The highest BCUT2D eigenvalue weighted by Gasteiger charge is 2.19. The second kappa shape index (κ2) is 9.04. The molecule has 7 heteroatoms. The summed E-state index contributed by atoms with van der Waals surface area (Å²) in [7, 11) is 0. The molecule has 1 amide bonds. The van der Waals surface area contributed by atoms with Crippen molar-refractivity contribution >= 4 is 23.3 Å². The van der Waals surface area contributed by atoms with Crippen molar-refractivity contribution in [2.75, 3.05) is 42.9 Å². The number of carbonyl (C=O) groups excluding carboxylic acids is 1. The van der Waals surface area contributed by atoms with Crippen molar-refractivity contribution in [3.05, 3.63) is 23.8 Å². The van der Waals surface area contributed by atoms with Crippen LogP contribution in [0.4, 0.5) is 11.4 Å². The molecule has 1 fully saturated rings. The maximum Gasteiger partial charge on any atom is 0.337 e. The van der Waals surface area contributed by atoms with Gasteiger partial charge in [-0.15, -0.1) is 0 Å². The van der Waals surface area contributed by atoms with Crippen LogP contribution < -0.4 is 10.2 Å². The number of carbonyl (C=O) groups is 2. The Kier molecular flexibility index (Phi) is 6.78. The number of rotatable bonds is 7. The third kappa shape index (κ3) is 5.19. The Bertz CT molecular complexity index is 661. The van der Waals surface area contributed by atoms with E-state index in [0.29, 0.717) is 24.9 Å². The van der Waals surface area contributed by atoms with Gasteiger partial charge in [-0.1, -0.05) is 6.92 Å². The lowest BCUT2D eigenvalue weighted by Gasteiger charge is -2.36. The Morgan fingerprint density at radius 3 is 2.60 bits per heavy atom. The van der Waals surface area contributed by atoms with Gasteiger partial charge in [0.2, 0.25) is 5.91 Å². The van der Waals surface area contributed by atoms with Crippen molar-refractivity contribution in [1.82, 2.24) is 4.90 Å². The minimum atomic E-state index is -1.05. The molecule has 0 bridgehead atoms. The maximum absolute atomic E-state index is 11.8. The van der Waals surface area contributed by atoms with Crippen molar-refractivity contribution in [3.63, 3.8) is 0 Å². The number of benzene rings is 1. The Morgan fingerprint density at radius 1 is 1.28 bits per heavy atom. The molecule has 1 heterocycles. The molecule has 0 aromatic heterocycles. The summed E-state index contributed by atoms with van der Waals surface area (Å²) < 4.78 is 0. The van der Waals surface area contributed by atoms with Gasteiger partial charge in [0.25, 0.3) is 0 Å². The summed E-state index contributed by atoms with van der Waals surface area (Å²) in [5.41, 5.74) is 1.28. The quantitative estimate of drug-likeness (QED) is 0.787. The lowest BCUT2D eigenvalue weighted by Crippen LogP contribution is -2.46. The molecule has 0 spiro atoms. The molecule has 25 heavy (non-hydrogen) atoms. The molecule has 7 nitrogen and oxygen atoms in total. The molecule has 0 saturated carbocycles. The molecule has 0 unspecified atom stereocenters. The monoisotopic (exact) mass is 344 g/mol. The second-order valence-corrected chi connectivity index (χ2v) is 6.07. The predicted molar refractivity (Wildman–Crippen MR) is 95.8 cm³/mol. The number of nitrogens with zero attached hydrogens (tertiary/aromatic N) is 3. The van der Waals surface area contributed by atoms with Gasteiger partial charge in [-0.2, -0.15) is 5.26 Å². The van der Waals surface area contributed by atoms with E-state index in [9.17, 15) is 14.7 Å². The van der Waals surface area contributed by atoms with Crippen molar-refractivity contribution < 1.29 is 14.7 Å². The van der Waals surface area contributed by atoms with Crippen LogP contribution in [0.25, 0.3) is 0 Å². The number of amides is 1. The molecular formula is C18H24N4O3. The van der Waals surface area contributed by atoms with Crippen LogP contribution in [-0.2, 0) is 4.79 Å². The van der Waals surface area contributed by atoms with Crippen molar-refractivity contribution in [1.29, 1.82) is 5.26 Å². The molecule has 1 aromatic rings. The van der Waals surface area contributed by atoms with Gasteiger partial charge in [-0.3, -0.25) is 9.69 Å². The minimum absolute atomic E-state index is 0.105. The van der Waals surface area contributed by atoms with E-state index < -0.39 is 5.97 Å². The van der Waals surface area contributed by atoms with Gasteiger partial charge >= 0.3 is 5.97 Å². The molecule has 1 aliphatic rings. The summed E-state index contributed by atoms with van der Waals surface area (Å²) in [5.74, 6) is -1.23. The molecular weight excluding hydrogens is 320 g/mol. The van der Waals surface area contributed by atoms with E-state index in [1.807, 2.05) is 13.0 Å². The standard InChI is InChI=1S/C18H24N4O3/c1-2-4-17(23)20-16-6-5-14(13-15(16)18(24)25)22-11-9-21(10-12-22)8-3-7-19/h5-6,13H,2-4,8-12H2,1H3,(H,20,23)(H,24,25). The summed E-state index contributed by atoms with van der Waals surface area (Å²) in [5, 5.41) is 20.8. The van der Waals surface area contributed by atoms with Gasteiger partial charge in [0.15, 0.2) is 0 Å². The summed E-state index contributed by atoms with van der Waals surface area (Å²) in [6.45, 7) is 5.93. The third-order valence-corrected chi connectivity index (χ3v) is 4.26. The number of piperazine rings is 1. The van der Waals surface area contributed by atoms with E-state index in [0.717, 1.165) is 38.4 Å². The predicted octanol–water partition coefficient (Wildman–Crippen LogP) is 2.16. The zero-order chi connectivity index (χ0) is 18.2. The average molecular weight is 344 g/mol. The fourth-order valence-electron chi connectivity index (χ4n) is 2.89. The summed E-state index contributed by atoms with van der Waals surface area (Å²) in [4.78, 5) is 27.7. The molecule has 134 valence electrons. The van der Waals surface area contributed by atoms with Crippen LogP contribution in [0.5, 0.6) is 0 Å². The molecule has 1 aliphatic heterocycles. The Balaban J connectivity index is 2.08. The maximum atomic E-state index is 11.8. The van der Waals surface area contributed by atoms with Crippen LogP contribution in [0.1, 0.15) is 36.5 Å². The lowest BCUT2D eigenvalue weighted by molar-refractivity contribution is -0.116. The second-order valence-electron chi connectivity index (χ2n) is 6.07. The number of anilines is 2. The molecule has 2 N–H and O–H groups in total. The van der Waals surface area contributed by atoms with Crippen LogP contribution >= 0.6 is 0 Å². The fourth-order valence-corrected chi connectivity index (χ4v) is 2.89. The number of carboxylic acid groups (broad SMARTS) is 1. The fraction of sp³-hybridized carbons (Fsp3) is 0.500. The zero-order valence-electron chi connectivity index (χ0n) is 14.5. The highest BCUT2D eigenvalue weighted by molar-refractivity contribution is 6.01. The van der Waals surface area contributed by atoms with Gasteiger partial charge in [-0.25, -0.2) is 4.79 Å². The highest BCUT2D eigenvalue weighted by atomic mass is 16.4. The third-order valence-electron chi connectivity index (χ3n) is 4.26. The molecule has 0 aliphatic carbocycles. The SMILES string of the molecule is CCCC(=O)Nc1ccc(N2CCN(CCC#N)CC2)cc1C(=O)O. The molecule has 2 rings (SSSR count). The van der Waals surface area contributed by atoms with E-state index in [4.69, 9.17) is 5.26 Å². The topological polar surface area (TPSA) is 96.7 Å². The minimum Gasteiger partial charge on any atom is -0.478 e. The van der Waals surface area contributed by atoms with Crippen LogP contribution in [-0.4, -0.2) is 54.6 Å². The lowest BCUT2D eigenvalue weighted by atomic mass is 10.1. The number of aromatic carboxylic acids is 1. The summed E-state index contributed by atoms with van der Waals surface area (Å²) in [6, 6.07) is 7.28. The van der Waals surface area contributed by atoms with E-state index in [2.05, 4.69) is 21.2 Å². The first-order chi connectivity index (χ1) is 12.0. The van der Waals surface area contributed by atoms with Crippen molar-refractivity contribution in [3.8, 4) is 6.07 Å². The van der Waals surface area contributed by atoms with Gasteiger partial charge in [0.05, 0.1) is 17.3 Å². The van der Waals surface area contributed by atoms with Crippen LogP contribution in [0.3, 0.4) is 0 Å². The van der Waals surface area contributed by atoms with Crippen molar-refractivity contribution in [2.45, 2.75) is 26.2 Å². The molecule has 1 saturated heterocycles. The van der Waals surface area contributed by atoms with E-state index >= 15 is 0 Å². The Morgan fingerprint density at radius 2 is 2.00 bits per heavy atom. The molecule has 1 aromatic carbocycles. The smallest absolute Gasteiger partial charge is 0.337 e. The zero-order valence-corrected chi connectivity index (χ0v) is 14.5. The van der Waals surface area contributed by atoms with Gasteiger partial charge in [0, 0.05) is 51.3 Å². The number of carboxylic acids is 1. The first-order valence-corrected chi connectivity index (χ1v) is 8.56. The molecule has 0 atom stereocenters. The first-order valence-electron chi connectivity index (χ1n) is 8.56. The van der Waals surface area contributed by atoms with Crippen LogP contribution in [0, 0.1) is 11.3 Å². The van der Waals surface area contributed by atoms with Gasteiger partial charge in [-0.05, 0) is 24.6 Å². The van der Waals surface area contributed by atoms with Crippen LogP contribution in [0.15, 0.2) is 18.2 Å².